The Morgan fingerprint density at radius 1 is 1.47 bits per heavy atom. The van der Waals surface area contributed by atoms with Crippen molar-refractivity contribution in [3.8, 4) is 5.75 Å². The SMILES string of the molecule is Oc1cccc2c1C(N1C=NCC1)OC2. The van der Waals surface area contributed by atoms with Gasteiger partial charge in [0.05, 0.1) is 19.5 Å². The quantitative estimate of drug-likeness (QED) is 0.749. The molecule has 4 heteroatoms. The Morgan fingerprint density at radius 2 is 2.40 bits per heavy atom. The van der Waals surface area contributed by atoms with E-state index < -0.39 is 0 Å². The number of nitrogens with zero attached hydrogens (tertiary/aromatic N) is 2. The summed E-state index contributed by atoms with van der Waals surface area (Å²) in [7, 11) is 0. The third-order valence-corrected chi connectivity index (χ3v) is 2.84. The average molecular weight is 204 g/mol. The summed E-state index contributed by atoms with van der Waals surface area (Å²) in [5.74, 6) is 0.315. The topological polar surface area (TPSA) is 45.1 Å². The second kappa shape index (κ2) is 3.24. The van der Waals surface area contributed by atoms with Gasteiger partial charge in [0, 0.05) is 12.1 Å². The van der Waals surface area contributed by atoms with Crippen molar-refractivity contribution in [1.29, 1.82) is 0 Å². The molecule has 0 bridgehead atoms. The van der Waals surface area contributed by atoms with E-state index in [4.69, 9.17) is 4.74 Å². The number of benzene rings is 1. The highest BCUT2D eigenvalue weighted by Gasteiger charge is 2.31. The summed E-state index contributed by atoms with van der Waals surface area (Å²) in [4.78, 5) is 6.17. The van der Waals surface area contributed by atoms with E-state index in [1.165, 1.54) is 0 Å². The van der Waals surface area contributed by atoms with Gasteiger partial charge in [0.1, 0.15) is 5.75 Å². The van der Waals surface area contributed by atoms with Gasteiger partial charge in [0.25, 0.3) is 0 Å². The molecule has 0 saturated carbocycles. The molecule has 0 radical (unpaired) electrons. The van der Waals surface area contributed by atoms with Crippen LogP contribution in [-0.4, -0.2) is 29.4 Å². The summed E-state index contributed by atoms with van der Waals surface area (Å²) in [6.07, 6.45) is 1.64. The minimum absolute atomic E-state index is 0.160. The van der Waals surface area contributed by atoms with E-state index in [0.717, 1.165) is 24.2 Å². The molecule has 4 nitrogen and oxygen atoms in total. The zero-order valence-corrected chi connectivity index (χ0v) is 8.26. The molecule has 1 atom stereocenters. The maximum Gasteiger partial charge on any atom is 0.161 e. The predicted molar refractivity (Wildman–Crippen MR) is 55.7 cm³/mol. The number of fused-ring (bicyclic) bond motifs is 1. The third kappa shape index (κ3) is 1.29. The normalized spacial score (nSPS) is 23.5. The summed E-state index contributed by atoms with van der Waals surface area (Å²) >= 11 is 0. The van der Waals surface area contributed by atoms with Crippen molar-refractivity contribution < 1.29 is 9.84 Å². The lowest BCUT2D eigenvalue weighted by Gasteiger charge is -2.22. The van der Waals surface area contributed by atoms with Gasteiger partial charge in [0.2, 0.25) is 0 Å². The fourth-order valence-corrected chi connectivity index (χ4v) is 2.10. The van der Waals surface area contributed by atoms with Gasteiger partial charge in [-0.25, -0.2) is 0 Å². The zero-order chi connectivity index (χ0) is 10.3. The van der Waals surface area contributed by atoms with Gasteiger partial charge in [0.15, 0.2) is 6.23 Å². The van der Waals surface area contributed by atoms with Crippen LogP contribution in [0.5, 0.6) is 5.75 Å². The molecule has 0 fully saturated rings. The molecule has 0 saturated heterocycles. The van der Waals surface area contributed by atoms with E-state index in [-0.39, 0.29) is 6.23 Å². The van der Waals surface area contributed by atoms with Gasteiger partial charge in [-0.05, 0) is 11.6 Å². The molecule has 0 spiro atoms. The number of phenolic OH excluding ortho intramolecular Hbond substituents is 1. The minimum atomic E-state index is -0.160. The Morgan fingerprint density at radius 3 is 3.20 bits per heavy atom. The highest BCUT2D eigenvalue weighted by Crippen LogP contribution is 2.38. The molecule has 0 aliphatic carbocycles. The van der Waals surface area contributed by atoms with Gasteiger partial charge in [-0.15, -0.1) is 0 Å². The second-order valence-corrected chi connectivity index (χ2v) is 3.77. The molecule has 1 unspecified atom stereocenters. The number of ether oxygens (including phenoxy) is 1. The number of hydrogen-bond acceptors (Lipinski definition) is 4. The number of aromatic hydroxyl groups is 1. The van der Waals surface area contributed by atoms with Crippen LogP contribution in [0.3, 0.4) is 0 Å². The maximum absolute atomic E-state index is 9.81. The molecule has 2 heterocycles. The van der Waals surface area contributed by atoms with Crippen molar-refractivity contribution in [1.82, 2.24) is 4.90 Å². The molecular weight excluding hydrogens is 192 g/mol. The summed E-state index contributed by atoms with van der Waals surface area (Å²) < 4.78 is 5.66. The molecular formula is C11H12N2O2. The molecule has 2 aliphatic rings. The van der Waals surface area contributed by atoms with Gasteiger partial charge in [-0.2, -0.15) is 0 Å². The van der Waals surface area contributed by atoms with Crippen molar-refractivity contribution >= 4 is 6.34 Å². The first-order valence-electron chi connectivity index (χ1n) is 5.04. The van der Waals surface area contributed by atoms with Crippen LogP contribution in [0, 0.1) is 0 Å². The first-order valence-corrected chi connectivity index (χ1v) is 5.04. The number of phenols is 1. The Balaban J connectivity index is 1.99. The first kappa shape index (κ1) is 8.73. The molecule has 15 heavy (non-hydrogen) atoms. The first-order chi connectivity index (χ1) is 7.36. The number of hydrogen-bond donors (Lipinski definition) is 1. The van der Waals surface area contributed by atoms with Crippen molar-refractivity contribution in [3.05, 3.63) is 29.3 Å². The number of aliphatic imine (C=N–C) groups is 1. The fourth-order valence-electron chi connectivity index (χ4n) is 2.10. The molecule has 78 valence electrons. The van der Waals surface area contributed by atoms with E-state index in [1.54, 1.807) is 12.4 Å². The van der Waals surface area contributed by atoms with Crippen molar-refractivity contribution in [2.45, 2.75) is 12.8 Å². The lowest BCUT2D eigenvalue weighted by Crippen LogP contribution is -2.25. The second-order valence-electron chi connectivity index (χ2n) is 3.77. The zero-order valence-electron chi connectivity index (χ0n) is 8.26. The van der Waals surface area contributed by atoms with E-state index >= 15 is 0 Å². The highest BCUT2D eigenvalue weighted by molar-refractivity contribution is 5.59. The van der Waals surface area contributed by atoms with E-state index in [2.05, 4.69) is 4.99 Å². The Labute approximate surface area is 87.8 Å². The lowest BCUT2D eigenvalue weighted by molar-refractivity contribution is -0.0110. The molecule has 2 aliphatic heterocycles. The van der Waals surface area contributed by atoms with Crippen LogP contribution < -0.4 is 0 Å². The van der Waals surface area contributed by atoms with Crippen LogP contribution >= 0.6 is 0 Å². The predicted octanol–water partition coefficient (Wildman–Crippen LogP) is 1.26. The van der Waals surface area contributed by atoms with Gasteiger partial charge < -0.3 is 14.7 Å². The Hall–Kier alpha value is -1.55. The monoisotopic (exact) mass is 204 g/mol. The molecule has 1 aromatic carbocycles. The fraction of sp³-hybridized carbons (Fsp3) is 0.364. The van der Waals surface area contributed by atoms with Crippen LogP contribution in [0.1, 0.15) is 17.4 Å². The van der Waals surface area contributed by atoms with Crippen LogP contribution in [0.2, 0.25) is 0 Å². The van der Waals surface area contributed by atoms with Gasteiger partial charge in [-0.1, -0.05) is 12.1 Å². The standard InChI is InChI=1S/C11H12N2O2/c14-9-3-1-2-8-6-15-11(10(8)9)13-5-4-12-7-13/h1-3,7,11,14H,4-6H2. The van der Waals surface area contributed by atoms with E-state index in [9.17, 15) is 5.11 Å². The molecule has 0 aromatic heterocycles. The third-order valence-electron chi connectivity index (χ3n) is 2.84. The smallest absolute Gasteiger partial charge is 0.161 e. The lowest BCUT2D eigenvalue weighted by atomic mass is 10.1. The largest absolute Gasteiger partial charge is 0.507 e. The summed E-state index contributed by atoms with van der Waals surface area (Å²) in [6, 6.07) is 5.54. The van der Waals surface area contributed by atoms with Crippen LogP contribution in [-0.2, 0) is 11.3 Å². The summed E-state index contributed by atoms with van der Waals surface area (Å²) in [5, 5.41) is 9.81. The molecule has 3 rings (SSSR count). The Bertz CT molecular complexity index is 417. The van der Waals surface area contributed by atoms with Gasteiger partial charge in [-0.3, -0.25) is 4.99 Å². The van der Waals surface area contributed by atoms with Crippen molar-refractivity contribution in [2.75, 3.05) is 13.1 Å². The molecule has 1 N–H and O–H groups in total. The summed E-state index contributed by atoms with van der Waals surface area (Å²) in [6.45, 7) is 2.24. The minimum Gasteiger partial charge on any atom is -0.507 e. The van der Waals surface area contributed by atoms with Crippen LogP contribution in [0.4, 0.5) is 0 Å². The van der Waals surface area contributed by atoms with Crippen LogP contribution in [0.25, 0.3) is 0 Å². The van der Waals surface area contributed by atoms with E-state index in [1.807, 2.05) is 17.0 Å². The van der Waals surface area contributed by atoms with Crippen LogP contribution in [0.15, 0.2) is 23.2 Å². The van der Waals surface area contributed by atoms with Gasteiger partial charge >= 0.3 is 0 Å². The average Bonchev–Trinajstić information content (AvgIpc) is 2.85. The van der Waals surface area contributed by atoms with E-state index in [0.29, 0.717) is 12.4 Å². The van der Waals surface area contributed by atoms with Crippen molar-refractivity contribution in [2.24, 2.45) is 4.99 Å². The maximum atomic E-state index is 9.81. The summed E-state index contributed by atoms with van der Waals surface area (Å²) in [5.41, 5.74) is 1.96. The molecule has 1 aromatic rings. The molecule has 0 amide bonds. The number of rotatable bonds is 1. The van der Waals surface area contributed by atoms with Crippen molar-refractivity contribution in [3.63, 3.8) is 0 Å². The highest BCUT2D eigenvalue weighted by atomic mass is 16.5. The Kier molecular flexibility index (Phi) is 1.89.